The lowest BCUT2D eigenvalue weighted by Gasteiger charge is -2.52. The van der Waals surface area contributed by atoms with Gasteiger partial charge < -0.3 is 19.7 Å². The fraction of sp³-hybridized carbons (Fsp3) is 0.750. The third-order valence-electron chi connectivity index (χ3n) is 2.56. The van der Waals surface area contributed by atoms with Gasteiger partial charge in [-0.2, -0.15) is 0 Å². The predicted octanol–water partition coefficient (Wildman–Crippen LogP) is 0.793. The van der Waals surface area contributed by atoms with Gasteiger partial charge in [-0.05, 0) is 6.58 Å². The third-order valence-corrected chi connectivity index (χ3v) is 2.56. The predicted molar refractivity (Wildman–Crippen MR) is 47.5 cm³/mol. The molecule has 1 aliphatic rings. The van der Waals surface area contributed by atoms with E-state index in [1.807, 2.05) is 0 Å². The summed E-state index contributed by atoms with van der Waals surface area (Å²) < 4.78 is -0.661. The molecule has 0 atom stereocenters. The largest absolute Gasteiger partial charge is 0.633 e. The molecule has 0 saturated carbocycles. The van der Waals surface area contributed by atoms with Crippen LogP contribution in [0.25, 0.3) is 0 Å². The molecule has 0 unspecified atom stereocenters. The highest BCUT2D eigenvalue weighted by atomic mass is 16.6. The van der Waals surface area contributed by atoms with Gasteiger partial charge in [-0.1, -0.05) is 0 Å². The highest BCUT2D eigenvalue weighted by Crippen LogP contribution is 2.20. The van der Waals surface area contributed by atoms with Crippen LogP contribution in [-0.2, 0) is 0 Å². The molecule has 0 N–H and O–H groups in total. The van der Waals surface area contributed by atoms with Gasteiger partial charge in [-0.25, -0.2) is 0 Å². The summed E-state index contributed by atoms with van der Waals surface area (Å²) in [6.07, 6.45) is 0. The minimum atomic E-state index is -0.379. The Morgan fingerprint density at radius 3 is 1.92 bits per heavy atom. The number of hydroxylamine groups is 6. The van der Waals surface area contributed by atoms with Crippen LogP contribution in [0.2, 0.25) is 0 Å². The zero-order valence-corrected chi connectivity index (χ0v) is 7.75. The monoisotopic (exact) mass is 172 g/mol. The molecule has 1 heterocycles. The molecule has 0 aromatic heterocycles. The second kappa shape index (κ2) is 2.81. The van der Waals surface area contributed by atoms with Crippen LogP contribution in [0.5, 0.6) is 0 Å². The van der Waals surface area contributed by atoms with E-state index in [9.17, 15) is 10.4 Å². The molecule has 0 spiro atoms. The van der Waals surface area contributed by atoms with Crippen molar-refractivity contribution >= 4 is 0 Å². The highest BCUT2D eigenvalue weighted by molar-refractivity contribution is 4.79. The van der Waals surface area contributed by atoms with Crippen LogP contribution in [0.1, 0.15) is 6.92 Å². The topological polar surface area (TPSA) is 46.1 Å². The molecule has 12 heavy (non-hydrogen) atoms. The second-order valence-electron chi connectivity index (χ2n) is 3.82. The van der Waals surface area contributed by atoms with Gasteiger partial charge in [0.2, 0.25) is 0 Å². The lowest BCUT2D eigenvalue weighted by atomic mass is 10.3. The van der Waals surface area contributed by atoms with Crippen molar-refractivity contribution in [3.63, 3.8) is 0 Å². The normalized spacial score (nSPS) is 42.7. The summed E-state index contributed by atoms with van der Waals surface area (Å²) in [5.74, 6) is 0. The fourth-order valence-electron chi connectivity index (χ4n) is 1.35. The SMILES string of the molecule is C=C(C)[N+]1([O-])CC[N+](C)([O-])CC1. The number of likely N-dealkylation sites (N-methyl/N-ethyl adjacent to an activating group) is 1. The van der Waals surface area contributed by atoms with Gasteiger partial charge >= 0.3 is 0 Å². The van der Waals surface area contributed by atoms with E-state index in [0.29, 0.717) is 31.9 Å². The van der Waals surface area contributed by atoms with E-state index in [2.05, 4.69) is 6.58 Å². The van der Waals surface area contributed by atoms with E-state index in [1.165, 1.54) is 0 Å². The first-order valence-corrected chi connectivity index (χ1v) is 4.15. The van der Waals surface area contributed by atoms with Gasteiger partial charge in [0.1, 0.15) is 26.2 Å². The molecule has 4 heteroatoms. The van der Waals surface area contributed by atoms with Gasteiger partial charge in [0.05, 0.1) is 12.7 Å². The van der Waals surface area contributed by atoms with E-state index < -0.39 is 0 Å². The number of hydrogen-bond acceptors (Lipinski definition) is 2. The molecular formula is C8H16N2O2. The summed E-state index contributed by atoms with van der Waals surface area (Å²) in [5.41, 5.74) is 0.606. The number of allylic oxidation sites excluding steroid dienone is 1. The molecule has 1 aliphatic heterocycles. The van der Waals surface area contributed by atoms with Crippen molar-refractivity contribution in [1.82, 2.24) is 0 Å². The molecule has 4 nitrogen and oxygen atoms in total. The Bertz CT molecular complexity index is 191. The summed E-state index contributed by atoms with van der Waals surface area (Å²) in [6.45, 7) is 6.92. The summed E-state index contributed by atoms with van der Waals surface area (Å²) >= 11 is 0. The maximum atomic E-state index is 11.8. The first kappa shape index (κ1) is 9.67. The highest BCUT2D eigenvalue weighted by Gasteiger charge is 2.30. The first-order valence-electron chi connectivity index (χ1n) is 4.15. The summed E-state index contributed by atoms with van der Waals surface area (Å²) in [6, 6.07) is 0. The Balaban J connectivity index is 2.62. The summed E-state index contributed by atoms with van der Waals surface area (Å²) in [5, 5.41) is 23.2. The maximum Gasteiger partial charge on any atom is 0.133 e. The quantitative estimate of drug-likeness (QED) is 0.433. The summed E-state index contributed by atoms with van der Waals surface area (Å²) in [7, 11) is 1.61. The zero-order valence-electron chi connectivity index (χ0n) is 7.75. The second-order valence-corrected chi connectivity index (χ2v) is 3.82. The maximum absolute atomic E-state index is 11.8. The fourth-order valence-corrected chi connectivity index (χ4v) is 1.35. The Kier molecular flexibility index (Phi) is 2.27. The van der Waals surface area contributed by atoms with Gasteiger partial charge in [0.15, 0.2) is 0 Å². The molecule has 0 bridgehead atoms. The van der Waals surface area contributed by atoms with E-state index in [-0.39, 0.29) is 9.29 Å². The Labute approximate surface area is 73.0 Å². The Morgan fingerprint density at radius 2 is 1.58 bits per heavy atom. The molecule has 1 fully saturated rings. The molecule has 0 radical (unpaired) electrons. The average molecular weight is 172 g/mol. The van der Waals surface area contributed by atoms with Crippen molar-refractivity contribution in [3.05, 3.63) is 22.7 Å². The van der Waals surface area contributed by atoms with Crippen LogP contribution < -0.4 is 0 Å². The van der Waals surface area contributed by atoms with Crippen molar-refractivity contribution < 1.29 is 9.29 Å². The van der Waals surface area contributed by atoms with Gasteiger partial charge in [-0.3, -0.25) is 0 Å². The molecule has 0 aromatic carbocycles. The number of quaternary nitrogens is 2. The van der Waals surface area contributed by atoms with Crippen LogP contribution in [0.4, 0.5) is 0 Å². The summed E-state index contributed by atoms with van der Waals surface area (Å²) in [4.78, 5) is 0. The van der Waals surface area contributed by atoms with Crippen molar-refractivity contribution in [1.29, 1.82) is 0 Å². The minimum Gasteiger partial charge on any atom is -0.633 e. The van der Waals surface area contributed by atoms with Crippen molar-refractivity contribution in [3.8, 4) is 0 Å². The van der Waals surface area contributed by atoms with Crippen LogP contribution >= 0.6 is 0 Å². The number of hydrogen-bond donors (Lipinski definition) is 0. The standard InChI is InChI=1S/C8H16N2O2/c1-8(2)10(12)6-4-9(3,11)5-7-10/h1,4-7H2,2-3H3. The molecular weight excluding hydrogens is 156 g/mol. The van der Waals surface area contributed by atoms with E-state index >= 15 is 0 Å². The molecule has 70 valence electrons. The van der Waals surface area contributed by atoms with Crippen LogP contribution in [0.3, 0.4) is 0 Å². The van der Waals surface area contributed by atoms with Crippen LogP contribution in [-0.4, -0.2) is 42.5 Å². The molecule has 0 amide bonds. The van der Waals surface area contributed by atoms with E-state index in [0.717, 1.165) is 0 Å². The number of rotatable bonds is 1. The average Bonchev–Trinajstić information content (AvgIpc) is 1.96. The lowest BCUT2D eigenvalue weighted by molar-refractivity contribution is -0.963. The van der Waals surface area contributed by atoms with Crippen molar-refractivity contribution in [2.45, 2.75) is 6.92 Å². The van der Waals surface area contributed by atoms with E-state index in [4.69, 9.17) is 0 Å². The molecule has 0 aliphatic carbocycles. The Hall–Kier alpha value is -0.420. The lowest BCUT2D eigenvalue weighted by Crippen LogP contribution is -2.59. The van der Waals surface area contributed by atoms with Gasteiger partial charge in [0.25, 0.3) is 0 Å². The number of nitrogens with zero attached hydrogens (tertiary/aromatic N) is 2. The van der Waals surface area contributed by atoms with Crippen molar-refractivity contribution in [2.75, 3.05) is 33.2 Å². The molecule has 1 rings (SSSR count). The number of piperazine rings is 1. The minimum absolute atomic E-state index is 0.282. The van der Waals surface area contributed by atoms with Gasteiger partial charge in [0, 0.05) is 6.92 Å². The third kappa shape index (κ3) is 1.84. The first-order chi connectivity index (χ1) is 5.36. The van der Waals surface area contributed by atoms with Crippen molar-refractivity contribution in [2.24, 2.45) is 0 Å². The van der Waals surface area contributed by atoms with Crippen LogP contribution in [0, 0.1) is 10.4 Å². The smallest absolute Gasteiger partial charge is 0.133 e. The zero-order chi connectivity index (χ0) is 9.41. The van der Waals surface area contributed by atoms with E-state index in [1.54, 1.807) is 14.0 Å². The van der Waals surface area contributed by atoms with Gasteiger partial charge in [-0.15, -0.1) is 0 Å². The van der Waals surface area contributed by atoms with Crippen LogP contribution in [0.15, 0.2) is 12.3 Å². The molecule has 0 aromatic rings. The Morgan fingerprint density at radius 1 is 1.17 bits per heavy atom. The molecule has 1 saturated heterocycles.